The molecule has 0 aliphatic carbocycles. The van der Waals surface area contributed by atoms with E-state index in [0.29, 0.717) is 18.2 Å². The lowest BCUT2D eigenvalue weighted by molar-refractivity contribution is -0.137. The average Bonchev–Trinajstić information content (AvgIpc) is 2.03. The van der Waals surface area contributed by atoms with Gasteiger partial charge in [-0.3, -0.25) is 0 Å². The zero-order valence-electron chi connectivity index (χ0n) is 9.38. The Morgan fingerprint density at radius 3 is 2.64 bits per heavy atom. The number of hydrogen-bond acceptors (Lipinski definition) is 3. The molecule has 3 heteroatoms. The largest absolute Gasteiger partial charge is 0.463 e. The molecule has 0 bridgehead atoms. The van der Waals surface area contributed by atoms with E-state index in [1.165, 1.54) is 6.08 Å². The molecule has 0 aliphatic heterocycles. The summed E-state index contributed by atoms with van der Waals surface area (Å²) in [7, 11) is 0. The van der Waals surface area contributed by atoms with E-state index < -0.39 is 0 Å². The van der Waals surface area contributed by atoms with Crippen molar-refractivity contribution < 1.29 is 9.53 Å². The summed E-state index contributed by atoms with van der Waals surface area (Å²) >= 11 is 0. The molecule has 14 heavy (non-hydrogen) atoms. The van der Waals surface area contributed by atoms with E-state index in [4.69, 9.17) is 10.5 Å². The fourth-order valence-electron chi connectivity index (χ4n) is 1.39. The van der Waals surface area contributed by atoms with Crippen molar-refractivity contribution in [2.24, 2.45) is 11.7 Å². The van der Waals surface area contributed by atoms with Crippen molar-refractivity contribution in [2.45, 2.75) is 40.0 Å². The smallest absolute Gasteiger partial charge is 0.332 e. The van der Waals surface area contributed by atoms with Crippen LogP contribution in [0.1, 0.15) is 40.0 Å². The number of ether oxygens (including phenoxy) is 1. The van der Waals surface area contributed by atoms with E-state index in [1.54, 1.807) is 6.92 Å². The third kappa shape index (κ3) is 6.52. The van der Waals surface area contributed by atoms with Crippen molar-refractivity contribution in [3.63, 3.8) is 0 Å². The third-order valence-electron chi connectivity index (χ3n) is 1.96. The Bertz CT molecular complexity index is 199. The van der Waals surface area contributed by atoms with Gasteiger partial charge in [0.05, 0.1) is 6.61 Å². The second kappa shape index (κ2) is 7.42. The molecule has 0 radical (unpaired) electrons. The number of esters is 1. The summed E-state index contributed by atoms with van der Waals surface area (Å²) in [6, 6.07) is 0. The Labute approximate surface area is 86.3 Å². The molecule has 0 spiro atoms. The molecule has 0 aromatic carbocycles. The Balaban J connectivity index is 3.92. The number of hydrogen-bond donors (Lipinski definition) is 1. The quantitative estimate of drug-likeness (QED) is 0.527. The second-order valence-electron chi connectivity index (χ2n) is 3.57. The van der Waals surface area contributed by atoms with Gasteiger partial charge in [-0.2, -0.15) is 0 Å². The van der Waals surface area contributed by atoms with E-state index in [9.17, 15) is 4.79 Å². The molecular formula is C11H21NO2. The van der Waals surface area contributed by atoms with E-state index in [1.807, 2.05) is 0 Å². The Hall–Kier alpha value is -0.990. The van der Waals surface area contributed by atoms with E-state index in [-0.39, 0.29) is 5.97 Å². The van der Waals surface area contributed by atoms with Crippen LogP contribution in [-0.2, 0) is 9.53 Å². The first kappa shape index (κ1) is 13.0. The first-order valence-electron chi connectivity index (χ1n) is 5.22. The van der Waals surface area contributed by atoms with Crippen LogP contribution >= 0.6 is 0 Å². The lowest BCUT2D eigenvalue weighted by Gasteiger charge is -2.09. The van der Waals surface area contributed by atoms with E-state index >= 15 is 0 Å². The van der Waals surface area contributed by atoms with Gasteiger partial charge in [0.1, 0.15) is 0 Å². The standard InChI is InChI=1S/C11H21NO2/c1-4-6-9(3)7-10(12)8-11(13)14-5-2/h8-9H,4-7,12H2,1-3H3. The van der Waals surface area contributed by atoms with Crippen molar-refractivity contribution in [3.8, 4) is 0 Å². The topological polar surface area (TPSA) is 52.3 Å². The van der Waals surface area contributed by atoms with Gasteiger partial charge in [-0.25, -0.2) is 4.79 Å². The zero-order valence-corrected chi connectivity index (χ0v) is 9.38. The summed E-state index contributed by atoms with van der Waals surface area (Å²) in [6.07, 6.45) is 4.44. The number of nitrogens with two attached hydrogens (primary N) is 1. The third-order valence-corrected chi connectivity index (χ3v) is 1.96. The van der Waals surface area contributed by atoms with E-state index in [0.717, 1.165) is 19.3 Å². The predicted octanol–water partition coefficient (Wildman–Crippen LogP) is 2.22. The number of allylic oxidation sites excluding steroid dienone is 1. The molecule has 0 saturated heterocycles. The summed E-state index contributed by atoms with van der Waals surface area (Å²) in [4.78, 5) is 11.0. The summed E-state index contributed by atoms with van der Waals surface area (Å²) in [5.41, 5.74) is 6.31. The van der Waals surface area contributed by atoms with Crippen LogP contribution in [-0.4, -0.2) is 12.6 Å². The van der Waals surface area contributed by atoms with Crippen molar-refractivity contribution >= 4 is 5.97 Å². The Morgan fingerprint density at radius 1 is 1.50 bits per heavy atom. The van der Waals surface area contributed by atoms with Crippen LogP contribution in [0.5, 0.6) is 0 Å². The minimum Gasteiger partial charge on any atom is -0.463 e. The van der Waals surface area contributed by atoms with Crippen LogP contribution in [0.3, 0.4) is 0 Å². The number of rotatable bonds is 6. The van der Waals surface area contributed by atoms with Gasteiger partial charge in [-0.05, 0) is 19.3 Å². The van der Waals surface area contributed by atoms with Crippen LogP contribution in [0.4, 0.5) is 0 Å². The van der Waals surface area contributed by atoms with Crippen LogP contribution in [0.25, 0.3) is 0 Å². The first-order chi connectivity index (χ1) is 6.60. The highest BCUT2D eigenvalue weighted by Gasteiger charge is 2.04. The minimum absolute atomic E-state index is 0.339. The normalized spacial score (nSPS) is 13.8. The highest BCUT2D eigenvalue weighted by molar-refractivity contribution is 5.82. The van der Waals surface area contributed by atoms with Gasteiger partial charge in [0.15, 0.2) is 0 Å². The molecule has 0 heterocycles. The number of carbonyl (C=O) groups excluding carboxylic acids is 1. The second-order valence-corrected chi connectivity index (χ2v) is 3.57. The maximum atomic E-state index is 11.0. The van der Waals surface area contributed by atoms with Gasteiger partial charge in [0.2, 0.25) is 0 Å². The highest BCUT2D eigenvalue weighted by atomic mass is 16.5. The molecule has 0 aliphatic rings. The van der Waals surface area contributed by atoms with Gasteiger partial charge < -0.3 is 10.5 Å². The van der Waals surface area contributed by atoms with Gasteiger partial charge >= 0.3 is 5.97 Å². The average molecular weight is 199 g/mol. The SMILES string of the molecule is CCCC(C)CC(N)=CC(=O)OCC. The molecule has 0 fully saturated rings. The zero-order chi connectivity index (χ0) is 11.0. The molecule has 0 saturated carbocycles. The fourth-order valence-corrected chi connectivity index (χ4v) is 1.39. The molecule has 3 nitrogen and oxygen atoms in total. The molecule has 0 aromatic heterocycles. The number of carbonyl (C=O) groups is 1. The van der Waals surface area contributed by atoms with Crippen molar-refractivity contribution in [1.82, 2.24) is 0 Å². The molecule has 0 aromatic rings. The summed E-state index contributed by atoms with van der Waals surface area (Å²) in [5, 5.41) is 0. The van der Waals surface area contributed by atoms with Crippen LogP contribution in [0.15, 0.2) is 11.8 Å². The molecular weight excluding hydrogens is 178 g/mol. The van der Waals surface area contributed by atoms with Crippen LogP contribution in [0.2, 0.25) is 0 Å². The van der Waals surface area contributed by atoms with Gasteiger partial charge in [0, 0.05) is 11.8 Å². The summed E-state index contributed by atoms with van der Waals surface area (Å²) in [6.45, 7) is 6.45. The van der Waals surface area contributed by atoms with Crippen molar-refractivity contribution in [2.75, 3.05) is 6.61 Å². The fraction of sp³-hybridized carbons (Fsp3) is 0.727. The molecule has 0 amide bonds. The van der Waals surface area contributed by atoms with Gasteiger partial charge in [0.25, 0.3) is 0 Å². The van der Waals surface area contributed by atoms with Crippen LogP contribution in [0, 0.1) is 5.92 Å². The molecule has 2 N–H and O–H groups in total. The minimum atomic E-state index is -0.339. The molecule has 82 valence electrons. The van der Waals surface area contributed by atoms with Gasteiger partial charge in [-0.15, -0.1) is 0 Å². The van der Waals surface area contributed by atoms with Crippen molar-refractivity contribution in [3.05, 3.63) is 11.8 Å². The van der Waals surface area contributed by atoms with E-state index in [2.05, 4.69) is 13.8 Å². The van der Waals surface area contributed by atoms with Gasteiger partial charge in [-0.1, -0.05) is 26.7 Å². The maximum absolute atomic E-state index is 11.0. The molecule has 0 rings (SSSR count). The highest BCUT2D eigenvalue weighted by Crippen LogP contribution is 2.13. The lowest BCUT2D eigenvalue weighted by atomic mass is 10.0. The first-order valence-corrected chi connectivity index (χ1v) is 5.22. The summed E-state index contributed by atoms with van der Waals surface area (Å²) in [5.74, 6) is 0.194. The molecule has 1 atom stereocenters. The Morgan fingerprint density at radius 2 is 2.14 bits per heavy atom. The summed E-state index contributed by atoms with van der Waals surface area (Å²) < 4.78 is 4.76. The van der Waals surface area contributed by atoms with Crippen LogP contribution < -0.4 is 5.73 Å². The lowest BCUT2D eigenvalue weighted by Crippen LogP contribution is -2.08. The molecule has 1 unspecified atom stereocenters. The van der Waals surface area contributed by atoms with Crippen molar-refractivity contribution in [1.29, 1.82) is 0 Å². The predicted molar refractivity (Wildman–Crippen MR) is 57.6 cm³/mol. The monoisotopic (exact) mass is 199 g/mol. The maximum Gasteiger partial charge on any atom is 0.332 e. The Kier molecular flexibility index (Phi) is 6.89.